The van der Waals surface area contributed by atoms with Gasteiger partial charge in [-0.05, 0) is 44.2 Å². The largest absolute Gasteiger partial charge is 0.314 e. The Morgan fingerprint density at radius 2 is 1.78 bits per heavy atom. The van der Waals surface area contributed by atoms with Gasteiger partial charge in [0.2, 0.25) is 0 Å². The fourth-order valence-electron chi connectivity index (χ4n) is 4.06. The SMILES string of the molecule is CCNC1CCN(C2CCCCCC2C)CC1C. The summed E-state index contributed by atoms with van der Waals surface area (Å²) in [5.74, 6) is 1.73. The summed E-state index contributed by atoms with van der Waals surface area (Å²) in [5, 5.41) is 3.65. The van der Waals surface area contributed by atoms with Gasteiger partial charge in [-0.1, -0.05) is 40.0 Å². The predicted octanol–water partition coefficient (Wildman–Crippen LogP) is 3.28. The molecule has 106 valence electrons. The van der Waals surface area contributed by atoms with E-state index in [9.17, 15) is 0 Å². The number of likely N-dealkylation sites (tertiary alicyclic amines) is 1. The minimum absolute atomic E-state index is 0.757. The summed E-state index contributed by atoms with van der Waals surface area (Å²) in [6.45, 7) is 10.9. The fraction of sp³-hybridized carbons (Fsp3) is 1.00. The zero-order chi connectivity index (χ0) is 13.0. The molecule has 4 atom stereocenters. The van der Waals surface area contributed by atoms with Gasteiger partial charge < -0.3 is 5.32 Å². The highest BCUT2D eigenvalue weighted by Crippen LogP contribution is 2.30. The maximum Gasteiger partial charge on any atom is 0.0121 e. The Kier molecular flexibility index (Phi) is 5.50. The number of hydrogen-bond donors (Lipinski definition) is 1. The van der Waals surface area contributed by atoms with Gasteiger partial charge in [0.1, 0.15) is 0 Å². The summed E-state index contributed by atoms with van der Waals surface area (Å²) < 4.78 is 0. The van der Waals surface area contributed by atoms with E-state index in [-0.39, 0.29) is 0 Å². The third-order valence-corrected chi connectivity index (χ3v) is 5.19. The molecule has 1 N–H and O–H groups in total. The molecule has 18 heavy (non-hydrogen) atoms. The molecule has 1 saturated heterocycles. The van der Waals surface area contributed by atoms with Gasteiger partial charge in [-0.15, -0.1) is 0 Å². The molecule has 0 amide bonds. The standard InChI is InChI=1S/C16H32N2/c1-4-17-15-10-11-18(12-14(15)3)16-9-7-5-6-8-13(16)2/h13-17H,4-12H2,1-3H3. The Balaban J connectivity index is 1.90. The van der Waals surface area contributed by atoms with Gasteiger partial charge in [0.25, 0.3) is 0 Å². The van der Waals surface area contributed by atoms with E-state index in [1.54, 1.807) is 0 Å². The van der Waals surface area contributed by atoms with Gasteiger partial charge in [0, 0.05) is 18.6 Å². The summed E-state index contributed by atoms with van der Waals surface area (Å²) in [7, 11) is 0. The molecule has 2 nitrogen and oxygen atoms in total. The number of nitrogens with one attached hydrogen (secondary N) is 1. The van der Waals surface area contributed by atoms with Crippen LogP contribution in [0.2, 0.25) is 0 Å². The first-order chi connectivity index (χ1) is 8.72. The molecule has 0 aromatic rings. The molecule has 2 heteroatoms. The van der Waals surface area contributed by atoms with Crippen LogP contribution in [-0.4, -0.2) is 36.6 Å². The van der Waals surface area contributed by atoms with Gasteiger partial charge in [0.15, 0.2) is 0 Å². The predicted molar refractivity (Wildman–Crippen MR) is 78.9 cm³/mol. The molecule has 0 spiro atoms. The van der Waals surface area contributed by atoms with Gasteiger partial charge in [0.05, 0.1) is 0 Å². The molecule has 0 aromatic heterocycles. The first-order valence-electron chi connectivity index (χ1n) is 8.19. The van der Waals surface area contributed by atoms with E-state index in [1.807, 2.05) is 0 Å². The summed E-state index contributed by atoms with van der Waals surface area (Å²) in [6, 6.07) is 1.63. The first kappa shape index (κ1) is 14.3. The fourth-order valence-corrected chi connectivity index (χ4v) is 4.06. The Bertz CT molecular complexity index is 241. The summed E-state index contributed by atoms with van der Waals surface area (Å²) in [4.78, 5) is 2.81. The average molecular weight is 252 g/mol. The van der Waals surface area contributed by atoms with E-state index in [0.29, 0.717) is 0 Å². The monoisotopic (exact) mass is 252 g/mol. The van der Waals surface area contributed by atoms with Crippen molar-refractivity contribution in [1.82, 2.24) is 10.2 Å². The van der Waals surface area contributed by atoms with Crippen molar-refractivity contribution in [2.24, 2.45) is 11.8 Å². The van der Waals surface area contributed by atoms with Crippen molar-refractivity contribution in [1.29, 1.82) is 0 Å². The summed E-state index contributed by atoms with van der Waals surface area (Å²) >= 11 is 0. The van der Waals surface area contributed by atoms with E-state index < -0.39 is 0 Å². The van der Waals surface area contributed by atoms with Crippen molar-refractivity contribution in [2.45, 2.75) is 71.4 Å². The van der Waals surface area contributed by atoms with Gasteiger partial charge in [-0.2, -0.15) is 0 Å². The molecule has 0 radical (unpaired) electrons. The van der Waals surface area contributed by atoms with Crippen molar-refractivity contribution in [2.75, 3.05) is 19.6 Å². The maximum atomic E-state index is 3.65. The van der Waals surface area contributed by atoms with Crippen molar-refractivity contribution in [3.05, 3.63) is 0 Å². The van der Waals surface area contributed by atoms with Gasteiger partial charge in [-0.3, -0.25) is 4.90 Å². The minimum Gasteiger partial charge on any atom is -0.314 e. The van der Waals surface area contributed by atoms with Crippen LogP contribution in [0, 0.1) is 11.8 Å². The van der Waals surface area contributed by atoms with Crippen molar-refractivity contribution < 1.29 is 0 Å². The molecule has 4 unspecified atom stereocenters. The van der Waals surface area contributed by atoms with Crippen LogP contribution in [0.5, 0.6) is 0 Å². The number of hydrogen-bond acceptors (Lipinski definition) is 2. The molecule has 1 heterocycles. The highest BCUT2D eigenvalue weighted by Gasteiger charge is 2.32. The van der Waals surface area contributed by atoms with E-state index in [1.165, 1.54) is 51.6 Å². The van der Waals surface area contributed by atoms with Gasteiger partial charge >= 0.3 is 0 Å². The Hall–Kier alpha value is -0.0800. The number of rotatable bonds is 3. The second-order valence-electron chi connectivity index (χ2n) is 6.61. The quantitative estimate of drug-likeness (QED) is 0.776. The van der Waals surface area contributed by atoms with Crippen LogP contribution in [-0.2, 0) is 0 Å². The van der Waals surface area contributed by atoms with E-state index in [2.05, 4.69) is 31.0 Å². The summed E-state index contributed by atoms with van der Waals surface area (Å²) in [5.41, 5.74) is 0. The van der Waals surface area contributed by atoms with Crippen molar-refractivity contribution >= 4 is 0 Å². The maximum absolute atomic E-state index is 3.65. The minimum atomic E-state index is 0.757. The third kappa shape index (κ3) is 3.48. The average Bonchev–Trinajstić information content (AvgIpc) is 2.57. The van der Waals surface area contributed by atoms with Crippen LogP contribution >= 0.6 is 0 Å². The van der Waals surface area contributed by atoms with E-state index in [0.717, 1.165) is 30.5 Å². The second kappa shape index (κ2) is 6.91. The molecule has 1 saturated carbocycles. The molecule has 1 aliphatic carbocycles. The van der Waals surface area contributed by atoms with E-state index in [4.69, 9.17) is 0 Å². The van der Waals surface area contributed by atoms with Crippen molar-refractivity contribution in [3.63, 3.8) is 0 Å². The number of piperidine rings is 1. The van der Waals surface area contributed by atoms with Gasteiger partial charge in [-0.25, -0.2) is 0 Å². The molecule has 2 aliphatic rings. The zero-order valence-corrected chi connectivity index (χ0v) is 12.6. The molecular weight excluding hydrogens is 220 g/mol. The normalized spacial score (nSPS) is 39.5. The van der Waals surface area contributed by atoms with Crippen LogP contribution in [0.4, 0.5) is 0 Å². The topological polar surface area (TPSA) is 15.3 Å². The molecule has 2 fully saturated rings. The Morgan fingerprint density at radius 1 is 1.00 bits per heavy atom. The molecule has 1 aliphatic heterocycles. The molecule has 0 bridgehead atoms. The van der Waals surface area contributed by atoms with Crippen LogP contribution in [0.25, 0.3) is 0 Å². The summed E-state index contributed by atoms with van der Waals surface area (Å²) in [6.07, 6.45) is 8.62. The van der Waals surface area contributed by atoms with Crippen molar-refractivity contribution in [3.8, 4) is 0 Å². The molecule has 0 aromatic carbocycles. The lowest BCUT2D eigenvalue weighted by molar-refractivity contribution is 0.0733. The third-order valence-electron chi connectivity index (χ3n) is 5.19. The lowest BCUT2D eigenvalue weighted by Crippen LogP contribution is -2.52. The van der Waals surface area contributed by atoms with Crippen LogP contribution < -0.4 is 5.32 Å². The van der Waals surface area contributed by atoms with Crippen LogP contribution in [0.3, 0.4) is 0 Å². The zero-order valence-electron chi connectivity index (χ0n) is 12.6. The number of nitrogens with zero attached hydrogens (tertiary/aromatic N) is 1. The molecule has 2 rings (SSSR count). The Morgan fingerprint density at radius 3 is 2.50 bits per heavy atom. The highest BCUT2D eigenvalue weighted by molar-refractivity contribution is 4.88. The van der Waals surface area contributed by atoms with Crippen LogP contribution in [0.15, 0.2) is 0 Å². The smallest absolute Gasteiger partial charge is 0.0121 e. The lowest BCUT2D eigenvalue weighted by atomic mass is 9.88. The Labute approximate surface area is 114 Å². The lowest BCUT2D eigenvalue weighted by Gasteiger charge is -2.43. The first-order valence-corrected chi connectivity index (χ1v) is 8.19. The second-order valence-corrected chi connectivity index (χ2v) is 6.61. The van der Waals surface area contributed by atoms with E-state index >= 15 is 0 Å². The van der Waals surface area contributed by atoms with Crippen LogP contribution in [0.1, 0.15) is 59.3 Å². The molecular formula is C16H32N2. The highest BCUT2D eigenvalue weighted by atomic mass is 15.2.